The van der Waals surface area contributed by atoms with Crippen molar-refractivity contribution in [2.45, 2.75) is 39.2 Å². The number of likely N-dealkylation sites (N-methyl/N-ethyl adjacent to an activating group) is 1. The fraction of sp³-hybridized carbons (Fsp3) is 0.647. The molecule has 0 aliphatic carbocycles. The molecule has 0 amide bonds. The first kappa shape index (κ1) is 13.7. The second-order valence-electron chi connectivity index (χ2n) is 5.98. The van der Waals surface area contributed by atoms with Crippen LogP contribution >= 0.6 is 0 Å². The number of rotatable bonds is 4. The molecule has 0 aromatic heterocycles. The van der Waals surface area contributed by atoms with Crippen molar-refractivity contribution in [2.24, 2.45) is 0 Å². The second kappa shape index (κ2) is 6.04. The summed E-state index contributed by atoms with van der Waals surface area (Å²) in [6.45, 7) is 10.4. The van der Waals surface area contributed by atoms with Gasteiger partial charge in [-0.1, -0.05) is 13.8 Å². The molecule has 1 saturated heterocycles. The summed E-state index contributed by atoms with van der Waals surface area (Å²) in [5.41, 5.74) is 4.27. The Labute approximate surface area is 123 Å². The van der Waals surface area contributed by atoms with E-state index in [2.05, 4.69) is 47.2 Å². The van der Waals surface area contributed by atoms with Gasteiger partial charge >= 0.3 is 0 Å². The SMILES string of the molecule is CCN(CC)C1CCN(c2ccc3c(c2)CCCN3)C1. The molecule has 0 spiro atoms. The predicted molar refractivity (Wildman–Crippen MR) is 86.8 cm³/mol. The molecule has 1 N–H and O–H groups in total. The van der Waals surface area contributed by atoms with Crippen LogP contribution in [0.25, 0.3) is 0 Å². The average molecular weight is 273 g/mol. The van der Waals surface area contributed by atoms with Crippen LogP contribution in [0.3, 0.4) is 0 Å². The zero-order valence-corrected chi connectivity index (χ0v) is 12.9. The first-order valence-corrected chi connectivity index (χ1v) is 8.17. The molecule has 2 heterocycles. The number of benzene rings is 1. The maximum atomic E-state index is 3.50. The Bertz CT molecular complexity index is 454. The predicted octanol–water partition coefficient (Wildman–Crippen LogP) is 2.97. The quantitative estimate of drug-likeness (QED) is 0.910. The zero-order valence-electron chi connectivity index (χ0n) is 12.9. The average Bonchev–Trinajstić information content (AvgIpc) is 2.98. The summed E-state index contributed by atoms with van der Waals surface area (Å²) in [5.74, 6) is 0. The molecule has 1 aromatic rings. The molecular weight excluding hydrogens is 246 g/mol. The van der Waals surface area contributed by atoms with Gasteiger partial charge in [-0.05, 0) is 56.1 Å². The third-order valence-corrected chi connectivity index (χ3v) is 4.88. The minimum absolute atomic E-state index is 0.735. The topological polar surface area (TPSA) is 18.5 Å². The van der Waals surface area contributed by atoms with Crippen molar-refractivity contribution >= 4 is 11.4 Å². The Morgan fingerprint density at radius 2 is 2.15 bits per heavy atom. The molecule has 1 atom stereocenters. The van der Waals surface area contributed by atoms with Gasteiger partial charge in [-0.15, -0.1) is 0 Å². The summed E-state index contributed by atoms with van der Waals surface area (Å²) < 4.78 is 0. The molecular formula is C17H27N3. The number of fused-ring (bicyclic) bond motifs is 1. The minimum Gasteiger partial charge on any atom is -0.385 e. The highest BCUT2D eigenvalue weighted by Crippen LogP contribution is 2.29. The zero-order chi connectivity index (χ0) is 13.9. The van der Waals surface area contributed by atoms with Crippen molar-refractivity contribution in [3.8, 4) is 0 Å². The third-order valence-electron chi connectivity index (χ3n) is 4.88. The van der Waals surface area contributed by atoms with E-state index in [4.69, 9.17) is 0 Å². The summed E-state index contributed by atoms with van der Waals surface area (Å²) in [6, 6.07) is 7.71. The Balaban J connectivity index is 1.71. The van der Waals surface area contributed by atoms with Crippen LogP contribution in [-0.2, 0) is 6.42 Å². The fourth-order valence-corrected chi connectivity index (χ4v) is 3.67. The highest BCUT2D eigenvalue weighted by Gasteiger charge is 2.26. The normalized spacial score (nSPS) is 21.9. The number of nitrogens with one attached hydrogen (secondary N) is 1. The van der Waals surface area contributed by atoms with Crippen LogP contribution in [0, 0.1) is 0 Å². The van der Waals surface area contributed by atoms with Crippen LogP contribution < -0.4 is 10.2 Å². The van der Waals surface area contributed by atoms with Crippen molar-refractivity contribution in [3.63, 3.8) is 0 Å². The molecule has 0 saturated carbocycles. The Kier molecular flexibility index (Phi) is 4.16. The fourth-order valence-electron chi connectivity index (χ4n) is 3.67. The van der Waals surface area contributed by atoms with Gasteiger partial charge in [0.1, 0.15) is 0 Å². The third kappa shape index (κ3) is 2.64. The summed E-state index contributed by atoms with van der Waals surface area (Å²) in [7, 11) is 0. The Morgan fingerprint density at radius 1 is 1.30 bits per heavy atom. The summed E-state index contributed by atoms with van der Waals surface area (Å²) in [4.78, 5) is 5.16. The molecule has 0 bridgehead atoms. The van der Waals surface area contributed by atoms with E-state index in [1.165, 1.54) is 62.4 Å². The monoisotopic (exact) mass is 273 g/mol. The van der Waals surface area contributed by atoms with Gasteiger partial charge in [0.15, 0.2) is 0 Å². The highest BCUT2D eigenvalue weighted by atomic mass is 15.2. The summed E-state index contributed by atoms with van der Waals surface area (Å²) >= 11 is 0. The van der Waals surface area contributed by atoms with Gasteiger partial charge < -0.3 is 10.2 Å². The van der Waals surface area contributed by atoms with Gasteiger partial charge in [0.25, 0.3) is 0 Å². The van der Waals surface area contributed by atoms with E-state index in [9.17, 15) is 0 Å². The first-order chi connectivity index (χ1) is 9.81. The maximum absolute atomic E-state index is 3.50. The largest absolute Gasteiger partial charge is 0.385 e. The smallest absolute Gasteiger partial charge is 0.0374 e. The summed E-state index contributed by atoms with van der Waals surface area (Å²) in [6.07, 6.45) is 3.79. The van der Waals surface area contributed by atoms with Crippen molar-refractivity contribution in [2.75, 3.05) is 42.9 Å². The molecule has 3 nitrogen and oxygen atoms in total. The minimum atomic E-state index is 0.735. The molecule has 2 aliphatic rings. The number of nitrogens with zero attached hydrogens (tertiary/aromatic N) is 2. The van der Waals surface area contributed by atoms with E-state index in [0.717, 1.165) is 12.6 Å². The molecule has 1 fully saturated rings. The Morgan fingerprint density at radius 3 is 2.95 bits per heavy atom. The lowest BCUT2D eigenvalue weighted by molar-refractivity contribution is 0.232. The van der Waals surface area contributed by atoms with E-state index in [-0.39, 0.29) is 0 Å². The van der Waals surface area contributed by atoms with Gasteiger partial charge in [-0.25, -0.2) is 0 Å². The maximum Gasteiger partial charge on any atom is 0.0374 e. The van der Waals surface area contributed by atoms with Crippen LogP contribution in [0.4, 0.5) is 11.4 Å². The van der Waals surface area contributed by atoms with Crippen molar-refractivity contribution in [1.82, 2.24) is 4.90 Å². The van der Waals surface area contributed by atoms with E-state index < -0.39 is 0 Å². The van der Waals surface area contributed by atoms with E-state index in [1.54, 1.807) is 0 Å². The molecule has 1 aromatic carbocycles. The number of anilines is 2. The van der Waals surface area contributed by atoms with Gasteiger partial charge in [0, 0.05) is 37.1 Å². The van der Waals surface area contributed by atoms with Crippen LogP contribution in [0.15, 0.2) is 18.2 Å². The first-order valence-electron chi connectivity index (χ1n) is 8.17. The van der Waals surface area contributed by atoms with Crippen molar-refractivity contribution < 1.29 is 0 Å². The van der Waals surface area contributed by atoms with Gasteiger partial charge in [0.2, 0.25) is 0 Å². The van der Waals surface area contributed by atoms with Crippen LogP contribution in [0.5, 0.6) is 0 Å². The van der Waals surface area contributed by atoms with Crippen LogP contribution in [0.2, 0.25) is 0 Å². The number of hydrogen-bond donors (Lipinski definition) is 1. The number of aryl methyl sites for hydroxylation is 1. The van der Waals surface area contributed by atoms with Gasteiger partial charge in [-0.3, -0.25) is 4.90 Å². The van der Waals surface area contributed by atoms with E-state index in [0.29, 0.717) is 0 Å². The van der Waals surface area contributed by atoms with E-state index >= 15 is 0 Å². The van der Waals surface area contributed by atoms with Crippen molar-refractivity contribution in [1.29, 1.82) is 0 Å². The lowest BCUT2D eigenvalue weighted by Crippen LogP contribution is -2.37. The van der Waals surface area contributed by atoms with E-state index in [1.807, 2.05) is 0 Å². The Hall–Kier alpha value is -1.22. The van der Waals surface area contributed by atoms with Crippen LogP contribution in [0.1, 0.15) is 32.3 Å². The molecule has 20 heavy (non-hydrogen) atoms. The molecule has 3 heteroatoms. The summed E-state index contributed by atoms with van der Waals surface area (Å²) in [5, 5.41) is 3.50. The molecule has 2 aliphatic heterocycles. The highest BCUT2D eigenvalue weighted by molar-refractivity contribution is 5.62. The second-order valence-corrected chi connectivity index (χ2v) is 5.98. The van der Waals surface area contributed by atoms with Crippen molar-refractivity contribution in [3.05, 3.63) is 23.8 Å². The number of hydrogen-bond acceptors (Lipinski definition) is 3. The van der Waals surface area contributed by atoms with Crippen LogP contribution in [-0.4, -0.2) is 43.7 Å². The molecule has 0 radical (unpaired) electrons. The molecule has 110 valence electrons. The molecule has 1 unspecified atom stereocenters. The standard InChI is InChI=1S/C17H27N3/c1-3-19(4-2)16-9-11-20(13-16)15-7-8-17-14(12-15)6-5-10-18-17/h7-8,12,16,18H,3-6,9-11,13H2,1-2H3. The van der Waals surface area contributed by atoms with Gasteiger partial charge in [-0.2, -0.15) is 0 Å². The lowest BCUT2D eigenvalue weighted by Gasteiger charge is -2.27. The molecule has 3 rings (SSSR count). The van der Waals surface area contributed by atoms with Gasteiger partial charge in [0.05, 0.1) is 0 Å². The lowest BCUT2D eigenvalue weighted by atomic mass is 10.0.